The lowest BCUT2D eigenvalue weighted by molar-refractivity contribution is 0.0603. The SMILES string of the molecule is CCC(C)n1ncc2c(C(=O)OC)cc(Br)cc21. The van der Waals surface area contributed by atoms with Crippen molar-refractivity contribution in [2.24, 2.45) is 0 Å². The summed E-state index contributed by atoms with van der Waals surface area (Å²) in [6.45, 7) is 4.21. The molecule has 1 unspecified atom stereocenters. The molecule has 0 aliphatic carbocycles. The predicted molar refractivity (Wildman–Crippen MR) is 73.8 cm³/mol. The van der Waals surface area contributed by atoms with E-state index in [1.807, 2.05) is 10.7 Å². The number of hydrogen-bond acceptors (Lipinski definition) is 3. The maximum absolute atomic E-state index is 11.7. The molecular formula is C13H15BrN2O2. The van der Waals surface area contributed by atoms with Crippen LogP contribution < -0.4 is 0 Å². The molecule has 96 valence electrons. The Morgan fingerprint density at radius 2 is 2.28 bits per heavy atom. The van der Waals surface area contributed by atoms with E-state index in [1.54, 1.807) is 12.3 Å². The van der Waals surface area contributed by atoms with Gasteiger partial charge in [0.15, 0.2) is 0 Å². The molecule has 1 heterocycles. The van der Waals surface area contributed by atoms with Gasteiger partial charge in [0.05, 0.1) is 24.4 Å². The van der Waals surface area contributed by atoms with Crippen molar-refractivity contribution in [2.75, 3.05) is 7.11 Å². The highest BCUT2D eigenvalue weighted by atomic mass is 79.9. The third-order valence-corrected chi connectivity index (χ3v) is 3.55. The van der Waals surface area contributed by atoms with E-state index < -0.39 is 0 Å². The number of halogens is 1. The van der Waals surface area contributed by atoms with Crippen LogP contribution in [0.1, 0.15) is 36.7 Å². The van der Waals surface area contributed by atoms with E-state index in [9.17, 15) is 4.79 Å². The van der Waals surface area contributed by atoms with Crippen LogP contribution in [0.2, 0.25) is 0 Å². The van der Waals surface area contributed by atoms with Crippen molar-refractivity contribution in [1.29, 1.82) is 0 Å². The van der Waals surface area contributed by atoms with Crippen molar-refractivity contribution in [3.8, 4) is 0 Å². The van der Waals surface area contributed by atoms with Crippen LogP contribution in [0.3, 0.4) is 0 Å². The Hall–Kier alpha value is -1.36. The summed E-state index contributed by atoms with van der Waals surface area (Å²) < 4.78 is 7.58. The van der Waals surface area contributed by atoms with Gasteiger partial charge in [-0.3, -0.25) is 4.68 Å². The third-order valence-electron chi connectivity index (χ3n) is 3.09. The molecular weight excluding hydrogens is 296 g/mol. The number of esters is 1. The summed E-state index contributed by atoms with van der Waals surface area (Å²) in [5.74, 6) is -0.343. The zero-order valence-corrected chi connectivity index (χ0v) is 12.2. The van der Waals surface area contributed by atoms with E-state index in [0.29, 0.717) is 11.6 Å². The summed E-state index contributed by atoms with van der Waals surface area (Å²) in [5.41, 5.74) is 1.48. The summed E-state index contributed by atoms with van der Waals surface area (Å²) in [4.78, 5) is 11.7. The van der Waals surface area contributed by atoms with E-state index in [-0.39, 0.29) is 5.97 Å². The summed E-state index contributed by atoms with van der Waals surface area (Å²) in [7, 11) is 1.38. The number of benzene rings is 1. The van der Waals surface area contributed by atoms with Gasteiger partial charge in [-0.05, 0) is 25.5 Å². The Morgan fingerprint density at radius 3 is 2.89 bits per heavy atom. The van der Waals surface area contributed by atoms with E-state index in [4.69, 9.17) is 4.74 Å². The number of ether oxygens (including phenoxy) is 1. The number of nitrogens with zero attached hydrogens (tertiary/aromatic N) is 2. The van der Waals surface area contributed by atoms with E-state index >= 15 is 0 Å². The lowest BCUT2D eigenvalue weighted by Gasteiger charge is -2.11. The van der Waals surface area contributed by atoms with Gasteiger partial charge in [-0.15, -0.1) is 0 Å². The van der Waals surface area contributed by atoms with Gasteiger partial charge in [-0.25, -0.2) is 4.79 Å². The van der Waals surface area contributed by atoms with E-state index in [1.165, 1.54) is 7.11 Å². The smallest absolute Gasteiger partial charge is 0.338 e. The number of carbonyl (C=O) groups excluding carboxylic acids is 1. The van der Waals surface area contributed by atoms with Gasteiger partial charge in [-0.1, -0.05) is 22.9 Å². The van der Waals surface area contributed by atoms with Gasteiger partial charge in [0, 0.05) is 15.9 Å². The molecule has 5 heteroatoms. The first-order valence-corrected chi connectivity index (χ1v) is 6.62. The molecule has 1 atom stereocenters. The minimum absolute atomic E-state index is 0.294. The van der Waals surface area contributed by atoms with E-state index in [2.05, 4.69) is 34.9 Å². The Balaban J connectivity index is 2.68. The molecule has 1 aromatic carbocycles. The second-order valence-electron chi connectivity index (χ2n) is 4.22. The van der Waals surface area contributed by atoms with Crippen molar-refractivity contribution in [2.45, 2.75) is 26.3 Å². The van der Waals surface area contributed by atoms with Gasteiger partial charge >= 0.3 is 5.97 Å². The predicted octanol–water partition coefficient (Wildman–Crippen LogP) is 3.56. The highest BCUT2D eigenvalue weighted by Gasteiger charge is 2.16. The zero-order valence-electron chi connectivity index (χ0n) is 10.6. The number of hydrogen-bond donors (Lipinski definition) is 0. The van der Waals surface area contributed by atoms with Crippen LogP contribution >= 0.6 is 15.9 Å². The number of rotatable bonds is 3. The van der Waals surface area contributed by atoms with Gasteiger partial charge in [0.25, 0.3) is 0 Å². The van der Waals surface area contributed by atoms with Crippen LogP contribution in [0.5, 0.6) is 0 Å². The van der Waals surface area contributed by atoms with Gasteiger partial charge in [0.1, 0.15) is 0 Å². The molecule has 18 heavy (non-hydrogen) atoms. The topological polar surface area (TPSA) is 44.1 Å². The zero-order chi connectivity index (χ0) is 13.3. The Morgan fingerprint density at radius 1 is 1.56 bits per heavy atom. The molecule has 0 bridgehead atoms. The van der Waals surface area contributed by atoms with Gasteiger partial charge in [-0.2, -0.15) is 5.10 Å². The minimum atomic E-state index is -0.343. The Kier molecular flexibility index (Phi) is 3.71. The molecule has 0 aliphatic rings. The number of methoxy groups -OCH3 is 1. The molecule has 2 rings (SSSR count). The third kappa shape index (κ3) is 2.14. The molecule has 0 amide bonds. The number of fused-ring (bicyclic) bond motifs is 1. The quantitative estimate of drug-likeness (QED) is 0.814. The van der Waals surface area contributed by atoms with E-state index in [0.717, 1.165) is 21.8 Å². The average molecular weight is 311 g/mol. The lowest BCUT2D eigenvalue weighted by atomic mass is 10.1. The minimum Gasteiger partial charge on any atom is -0.465 e. The number of aromatic nitrogens is 2. The van der Waals surface area contributed by atoms with Crippen molar-refractivity contribution >= 4 is 32.8 Å². The average Bonchev–Trinajstić information content (AvgIpc) is 2.79. The normalized spacial score (nSPS) is 12.7. The maximum atomic E-state index is 11.7. The molecule has 0 spiro atoms. The first-order valence-electron chi connectivity index (χ1n) is 5.83. The van der Waals surface area contributed by atoms with Crippen LogP contribution in [0.15, 0.2) is 22.8 Å². The van der Waals surface area contributed by atoms with Crippen molar-refractivity contribution in [1.82, 2.24) is 9.78 Å². The summed E-state index contributed by atoms with van der Waals surface area (Å²) in [6.07, 6.45) is 2.71. The molecule has 0 aliphatic heterocycles. The van der Waals surface area contributed by atoms with Gasteiger partial charge in [0.2, 0.25) is 0 Å². The molecule has 2 aromatic rings. The molecule has 4 nitrogen and oxygen atoms in total. The fourth-order valence-corrected chi connectivity index (χ4v) is 2.36. The van der Waals surface area contributed by atoms with Crippen LogP contribution in [0.4, 0.5) is 0 Å². The molecule has 0 radical (unpaired) electrons. The largest absolute Gasteiger partial charge is 0.465 e. The van der Waals surface area contributed by atoms with Gasteiger partial charge < -0.3 is 4.74 Å². The fourth-order valence-electron chi connectivity index (χ4n) is 1.91. The highest BCUT2D eigenvalue weighted by Crippen LogP contribution is 2.27. The summed E-state index contributed by atoms with van der Waals surface area (Å²) in [6, 6.07) is 4.03. The van der Waals surface area contributed by atoms with Crippen LogP contribution in [0, 0.1) is 0 Å². The molecule has 1 aromatic heterocycles. The van der Waals surface area contributed by atoms with Crippen LogP contribution in [0.25, 0.3) is 10.9 Å². The Labute approximate surface area is 114 Å². The lowest BCUT2D eigenvalue weighted by Crippen LogP contribution is -2.06. The highest BCUT2D eigenvalue weighted by molar-refractivity contribution is 9.10. The maximum Gasteiger partial charge on any atom is 0.338 e. The van der Waals surface area contributed by atoms with Crippen LogP contribution in [-0.4, -0.2) is 22.9 Å². The second kappa shape index (κ2) is 5.10. The second-order valence-corrected chi connectivity index (χ2v) is 5.14. The van der Waals surface area contributed by atoms with Crippen LogP contribution in [-0.2, 0) is 4.74 Å². The molecule has 0 saturated heterocycles. The molecule has 0 saturated carbocycles. The first kappa shape index (κ1) is 13.1. The van der Waals surface area contributed by atoms with Crippen molar-refractivity contribution in [3.63, 3.8) is 0 Å². The number of carbonyl (C=O) groups is 1. The fraction of sp³-hybridized carbons (Fsp3) is 0.385. The van der Waals surface area contributed by atoms with Crippen molar-refractivity contribution in [3.05, 3.63) is 28.4 Å². The molecule has 0 N–H and O–H groups in total. The van der Waals surface area contributed by atoms with Crippen molar-refractivity contribution < 1.29 is 9.53 Å². The first-order chi connectivity index (χ1) is 8.58. The standard InChI is InChI=1S/C13H15BrN2O2/c1-4-8(2)16-12-6-9(14)5-10(13(17)18-3)11(12)7-15-16/h5-8H,4H2,1-3H3. The Bertz CT molecular complexity index is 592. The monoisotopic (exact) mass is 310 g/mol. The summed E-state index contributed by atoms with van der Waals surface area (Å²) in [5, 5.41) is 5.20. The summed E-state index contributed by atoms with van der Waals surface area (Å²) >= 11 is 3.42. The molecule has 0 fully saturated rings.